The van der Waals surface area contributed by atoms with Gasteiger partial charge in [0, 0.05) is 24.7 Å². The number of phenols is 1. The van der Waals surface area contributed by atoms with E-state index in [4.69, 9.17) is 10.5 Å². The summed E-state index contributed by atoms with van der Waals surface area (Å²) in [5.41, 5.74) is 6.66. The van der Waals surface area contributed by atoms with Gasteiger partial charge in [0.1, 0.15) is 0 Å². The number of rotatable bonds is 3. The van der Waals surface area contributed by atoms with E-state index in [1.807, 2.05) is 6.07 Å². The summed E-state index contributed by atoms with van der Waals surface area (Å²) in [4.78, 5) is 6.61. The van der Waals surface area contributed by atoms with Gasteiger partial charge in [-0.15, -0.1) is 5.10 Å². The van der Waals surface area contributed by atoms with E-state index in [1.54, 1.807) is 12.1 Å². The largest absolute Gasteiger partial charge is 0.504 e. The van der Waals surface area contributed by atoms with Gasteiger partial charge in [-0.1, -0.05) is 0 Å². The summed E-state index contributed by atoms with van der Waals surface area (Å²) in [6.07, 6.45) is 1.90. The molecule has 0 aliphatic carbocycles. The number of nitrogens with one attached hydrogen (secondary N) is 1. The monoisotopic (exact) mass is 289 g/mol. The van der Waals surface area contributed by atoms with Gasteiger partial charge in [-0.25, -0.2) is 0 Å². The van der Waals surface area contributed by atoms with Crippen molar-refractivity contribution in [2.24, 2.45) is 5.73 Å². The fourth-order valence-corrected chi connectivity index (χ4v) is 2.46. The molecular weight excluding hydrogens is 270 g/mol. The van der Waals surface area contributed by atoms with Crippen molar-refractivity contribution in [1.29, 1.82) is 0 Å². The zero-order valence-corrected chi connectivity index (χ0v) is 11.9. The number of hydrogen-bond donors (Lipinski definition) is 3. The van der Waals surface area contributed by atoms with Crippen molar-refractivity contribution in [3.63, 3.8) is 0 Å². The second-order valence-electron chi connectivity index (χ2n) is 5.20. The molecule has 1 aliphatic heterocycles. The molecule has 1 aromatic carbocycles. The molecule has 21 heavy (non-hydrogen) atoms. The van der Waals surface area contributed by atoms with Crippen molar-refractivity contribution in [2.45, 2.75) is 18.9 Å². The van der Waals surface area contributed by atoms with Crippen LogP contribution in [0.3, 0.4) is 0 Å². The number of aromatic hydroxyl groups is 1. The highest BCUT2D eigenvalue weighted by Gasteiger charge is 2.20. The van der Waals surface area contributed by atoms with Gasteiger partial charge < -0.3 is 20.5 Å². The van der Waals surface area contributed by atoms with Crippen LogP contribution in [0.4, 0.5) is 5.95 Å². The van der Waals surface area contributed by atoms with Crippen LogP contribution in [-0.2, 0) is 0 Å². The zero-order valence-electron chi connectivity index (χ0n) is 11.9. The van der Waals surface area contributed by atoms with E-state index < -0.39 is 0 Å². The number of benzene rings is 1. The topological polar surface area (TPSA) is 100 Å². The van der Waals surface area contributed by atoms with E-state index in [2.05, 4.69) is 20.1 Å². The number of hydrogen-bond acceptors (Lipinski definition) is 6. The lowest BCUT2D eigenvalue weighted by molar-refractivity contribution is 0.373. The van der Waals surface area contributed by atoms with Crippen LogP contribution >= 0.6 is 0 Å². The Bertz CT molecular complexity index is 620. The van der Waals surface area contributed by atoms with Gasteiger partial charge in [-0.05, 0) is 31.0 Å². The Morgan fingerprint density at radius 1 is 1.38 bits per heavy atom. The number of H-pyrrole nitrogens is 1. The van der Waals surface area contributed by atoms with E-state index >= 15 is 0 Å². The maximum atomic E-state index is 9.83. The van der Waals surface area contributed by atoms with Crippen molar-refractivity contribution in [3.8, 4) is 22.9 Å². The lowest BCUT2D eigenvalue weighted by atomic mass is 10.1. The van der Waals surface area contributed by atoms with Crippen LogP contribution in [0.15, 0.2) is 18.2 Å². The van der Waals surface area contributed by atoms with Gasteiger partial charge in [-0.3, -0.25) is 5.10 Å². The summed E-state index contributed by atoms with van der Waals surface area (Å²) in [6, 6.07) is 5.41. The molecule has 0 radical (unpaired) electrons. The lowest BCUT2D eigenvalue weighted by Crippen LogP contribution is -2.40. The van der Waals surface area contributed by atoms with Gasteiger partial charge in [0.15, 0.2) is 17.3 Å². The first-order valence-electron chi connectivity index (χ1n) is 6.97. The van der Waals surface area contributed by atoms with Crippen LogP contribution in [0, 0.1) is 0 Å². The van der Waals surface area contributed by atoms with E-state index in [0.717, 1.165) is 31.5 Å². The molecule has 0 unspecified atom stereocenters. The molecule has 3 rings (SSSR count). The van der Waals surface area contributed by atoms with Crippen LogP contribution in [0.25, 0.3) is 11.4 Å². The van der Waals surface area contributed by atoms with Crippen LogP contribution < -0.4 is 15.4 Å². The Labute approximate surface area is 122 Å². The average molecular weight is 289 g/mol. The molecule has 0 saturated carbocycles. The summed E-state index contributed by atoms with van der Waals surface area (Å²) in [5, 5.41) is 17.0. The minimum Gasteiger partial charge on any atom is -0.504 e. The third-order valence-electron chi connectivity index (χ3n) is 3.75. The summed E-state index contributed by atoms with van der Waals surface area (Å²) in [5.74, 6) is 1.81. The highest BCUT2D eigenvalue weighted by atomic mass is 16.5. The van der Waals surface area contributed by atoms with Crippen LogP contribution in [0.1, 0.15) is 12.8 Å². The number of piperidine rings is 1. The highest BCUT2D eigenvalue weighted by molar-refractivity contribution is 5.61. The summed E-state index contributed by atoms with van der Waals surface area (Å²) in [7, 11) is 1.52. The number of nitrogens with two attached hydrogens (primary N) is 1. The number of methoxy groups -OCH3 is 1. The molecule has 0 atom stereocenters. The number of phenolic OH excluding ortho intramolecular Hbond substituents is 1. The number of nitrogens with zero attached hydrogens (tertiary/aromatic N) is 3. The molecule has 4 N–H and O–H groups in total. The smallest absolute Gasteiger partial charge is 0.245 e. The molecule has 0 spiro atoms. The molecule has 1 aromatic heterocycles. The second-order valence-corrected chi connectivity index (χ2v) is 5.20. The van der Waals surface area contributed by atoms with Gasteiger partial charge in [0.25, 0.3) is 0 Å². The van der Waals surface area contributed by atoms with Gasteiger partial charge in [0.2, 0.25) is 5.95 Å². The third-order valence-corrected chi connectivity index (χ3v) is 3.75. The van der Waals surface area contributed by atoms with Crippen molar-refractivity contribution < 1.29 is 9.84 Å². The molecular formula is C14H19N5O2. The van der Waals surface area contributed by atoms with E-state index in [1.165, 1.54) is 7.11 Å². The average Bonchev–Trinajstić information content (AvgIpc) is 2.98. The summed E-state index contributed by atoms with van der Waals surface area (Å²) >= 11 is 0. The highest BCUT2D eigenvalue weighted by Crippen LogP contribution is 2.30. The summed E-state index contributed by atoms with van der Waals surface area (Å²) in [6.45, 7) is 1.73. The van der Waals surface area contributed by atoms with E-state index in [0.29, 0.717) is 17.5 Å². The third kappa shape index (κ3) is 2.78. The Balaban J connectivity index is 1.80. The molecule has 0 amide bonds. The number of aromatic amines is 1. The molecule has 1 saturated heterocycles. The van der Waals surface area contributed by atoms with Crippen molar-refractivity contribution >= 4 is 5.95 Å². The molecule has 2 aromatic rings. The predicted molar refractivity (Wildman–Crippen MR) is 79.5 cm³/mol. The zero-order chi connectivity index (χ0) is 14.8. The molecule has 7 nitrogen and oxygen atoms in total. The first kappa shape index (κ1) is 13.7. The molecule has 112 valence electrons. The Morgan fingerprint density at radius 3 is 2.81 bits per heavy atom. The lowest BCUT2D eigenvalue weighted by Gasteiger charge is -2.28. The molecule has 7 heteroatoms. The maximum Gasteiger partial charge on any atom is 0.245 e. The second kappa shape index (κ2) is 5.61. The van der Waals surface area contributed by atoms with Crippen molar-refractivity contribution in [1.82, 2.24) is 15.2 Å². The predicted octanol–water partition coefficient (Wildman–Crippen LogP) is 1.11. The Kier molecular flexibility index (Phi) is 3.66. The SMILES string of the molecule is COc1ccc(-c2nc(N3CCC(N)CC3)n[nH]2)cc1O. The van der Waals surface area contributed by atoms with Crippen LogP contribution in [0.2, 0.25) is 0 Å². The first-order chi connectivity index (χ1) is 10.2. The van der Waals surface area contributed by atoms with Gasteiger partial charge in [0.05, 0.1) is 7.11 Å². The molecule has 1 fully saturated rings. The molecule has 2 heterocycles. The maximum absolute atomic E-state index is 9.83. The quantitative estimate of drug-likeness (QED) is 0.782. The van der Waals surface area contributed by atoms with Crippen LogP contribution in [0.5, 0.6) is 11.5 Å². The van der Waals surface area contributed by atoms with Crippen molar-refractivity contribution in [3.05, 3.63) is 18.2 Å². The Morgan fingerprint density at radius 2 is 2.14 bits per heavy atom. The number of anilines is 1. The number of ether oxygens (including phenoxy) is 1. The Hall–Kier alpha value is -2.28. The van der Waals surface area contributed by atoms with Gasteiger partial charge in [-0.2, -0.15) is 4.98 Å². The minimum atomic E-state index is 0.0805. The molecule has 1 aliphatic rings. The molecule has 0 bridgehead atoms. The summed E-state index contributed by atoms with van der Waals surface area (Å²) < 4.78 is 5.03. The normalized spacial score (nSPS) is 16.2. The fraction of sp³-hybridized carbons (Fsp3) is 0.429. The van der Waals surface area contributed by atoms with Crippen molar-refractivity contribution in [2.75, 3.05) is 25.1 Å². The van der Waals surface area contributed by atoms with E-state index in [9.17, 15) is 5.11 Å². The number of aromatic nitrogens is 3. The first-order valence-corrected chi connectivity index (χ1v) is 6.97. The van der Waals surface area contributed by atoms with Gasteiger partial charge >= 0.3 is 0 Å². The van der Waals surface area contributed by atoms with E-state index in [-0.39, 0.29) is 11.8 Å². The minimum absolute atomic E-state index is 0.0805. The standard InChI is InChI=1S/C14H19N5O2/c1-21-12-3-2-9(8-11(12)20)13-16-14(18-17-13)19-6-4-10(15)5-7-19/h2-3,8,10,20H,4-7,15H2,1H3,(H,16,17,18). The fourth-order valence-electron chi connectivity index (χ4n) is 2.46. The van der Waals surface area contributed by atoms with Crippen LogP contribution in [-0.4, -0.2) is 46.5 Å².